The highest BCUT2D eigenvalue weighted by molar-refractivity contribution is 5.93. The van der Waals surface area contributed by atoms with Crippen molar-refractivity contribution in [3.63, 3.8) is 0 Å². The van der Waals surface area contributed by atoms with E-state index in [0.717, 1.165) is 43.3 Å². The van der Waals surface area contributed by atoms with E-state index in [1.165, 1.54) is 6.42 Å². The first-order chi connectivity index (χ1) is 9.78. The van der Waals surface area contributed by atoms with Gasteiger partial charge in [-0.3, -0.25) is 0 Å². The van der Waals surface area contributed by atoms with Gasteiger partial charge >= 0.3 is 5.97 Å². The van der Waals surface area contributed by atoms with E-state index < -0.39 is 0 Å². The molecule has 0 radical (unpaired) electrons. The molecule has 0 amide bonds. The first-order valence-electron chi connectivity index (χ1n) is 7.32. The van der Waals surface area contributed by atoms with E-state index >= 15 is 0 Å². The fourth-order valence-electron chi connectivity index (χ4n) is 2.74. The molecule has 5 heteroatoms. The Kier molecular flexibility index (Phi) is 3.67. The normalized spacial score (nSPS) is 16.4. The molecule has 0 N–H and O–H groups in total. The van der Waals surface area contributed by atoms with Crippen molar-refractivity contribution < 1.29 is 9.53 Å². The molecule has 5 nitrogen and oxygen atoms in total. The van der Waals surface area contributed by atoms with Crippen molar-refractivity contribution >= 4 is 17.0 Å². The lowest BCUT2D eigenvalue weighted by Crippen LogP contribution is -2.20. The molecule has 106 valence electrons. The van der Waals surface area contributed by atoms with Gasteiger partial charge in [-0.15, -0.1) is 5.10 Å². The van der Waals surface area contributed by atoms with E-state index in [0.29, 0.717) is 5.56 Å². The Balaban J connectivity index is 1.77. The largest absolute Gasteiger partial charge is 0.459 e. The van der Waals surface area contributed by atoms with Gasteiger partial charge in [-0.25, -0.2) is 9.48 Å². The Morgan fingerprint density at radius 3 is 2.90 bits per heavy atom. The van der Waals surface area contributed by atoms with Crippen LogP contribution in [0, 0.1) is 0 Å². The quantitative estimate of drug-likeness (QED) is 0.807. The van der Waals surface area contributed by atoms with Crippen molar-refractivity contribution in [1.29, 1.82) is 0 Å². The molecule has 2 aromatic rings. The van der Waals surface area contributed by atoms with Gasteiger partial charge in [-0.1, -0.05) is 11.6 Å². The fraction of sp³-hybridized carbons (Fsp3) is 0.533. The molecule has 1 saturated carbocycles. The van der Waals surface area contributed by atoms with Crippen LogP contribution in [0.5, 0.6) is 0 Å². The van der Waals surface area contributed by atoms with Gasteiger partial charge in [0.2, 0.25) is 0 Å². The first kappa shape index (κ1) is 13.1. The van der Waals surface area contributed by atoms with Crippen molar-refractivity contribution in [2.24, 2.45) is 0 Å². The standard InChI is InChI=1S/C15H19N3O2/c1-2-18-14-9-8-11(10-13(14)16-17-18)15(19)20-12-6-4-3-5-7-12/h8-10,12H,2-7H2,1H3. The Labute approximate surface area is 117 Å². The number of nitrogens with zero attached hydrogens (tertiary/aromatic N) is 3. The zero-order chi connectivity index (χ0) is 13.9. The lowest BCUT2D eigenvalue weighted by atomic mass is 9.98. The summed E-state index contributed by atoms with van der Waals surface area (Å²) in [5.74, 6) is -0.246. The zero-order valence-corrected chi connectivity index (χ0v) is 11.7. The first-order valence-corrected chi connectivity index (χ1v) is 7.32. The van der Waals surface area contributed by atoms with Gasteiger partial charge in [0, 0.05) is 6.54 Å². The maximum Gasteiger partial charge on any atom is 0.338 e. The predicted octanol–water partition coefficient (Wildman–Crippen LogP) is 2.94. The molecule has 1 fully saturated rings. The molecule has 20 heavy (non-hydrogen) atoms. The Hall–Kier alpha value is -1.91. The van der Waals surface area contributed by atoms with Crippen LogP contribution in [-0.4, -0.2) is 27.1 Å². The Bertz CT molecular complexity index is 615. The molecule has 0 aliphatic heterocycles. The van der Waals surface area contributed by atoms with Crippen LogP contribution in [0.1, 0.15) is 49.4 Å². The number of fused-ring (bicyclic) bond motifs is 1. The number of carbonyl (C=O) groups is 1. The van der Waals surface area contributed by atoms with Crippen LogP contribution in [0.4, 0.5) is 0 Å². The number of carbonyl (C=O) groups excluding carboxylic acids is 1. The molecule has 1 aliphatic rings. The molecular weight excluding hydrogens is 254 g/mol. The summed E-state index contributed by atoms with van der Waals surface area (Å²) < 4.78 is 7.38. The van der Waals surface area contributed by atoms with Gasteiger partial charge in [0.25, 0.3) is 0 Å². The molecule has 0 spiro atoms. The van der Waals surface area contributed by atoms with Gasteiger partial charge in [-0.2, -0.15) is 0 Å². The highest BCUT2D eigenvalue weighted by atomic mass is 16.5. The molecule has 1 aromatic heterocycles. The summed E-state index contributed by atoms with van der Waals surface area (Å²) in [5, 5.41) is 8.13. The molecule has 0 bridgehead atoms. The van der Waals surface area contributed by atoms with Crippen LogP contribution in [0.3, 0.4) is 0 Å². The van der Waals surface area contributed by atoms with Crippen LogP contribution in [0.25, 0.3) is 11.0 Å². The van der Waals surface area contributed by atoms with Crippen molar-refractivity contribution in [3.05, 3.63) is 23.8 Å². The summed E-state index contributed by atoms with van der Waals surface area (Å²) in [6.45, 7) is 2.78. The third-order valence-corrected chi connectivity index (χ3v) is 3.88. The highest BCUT2D eigenvalue weighted by Gasteiger charge is 2.19. The smallest absolute Gasteiger partial charge is 0.338 e. The minimum atomic E-state index is -0.246. The second-order valence-corrected chi connectivity index (χ2v) is 5.27. The second-order valence-electron chi connectivity index (χ2n) is 5.27. The topological polar surface area (TPSA) is 57.0 Å². The van der Waals surface area contributed by atoms with E-state index in [1.54, 1.807) is 12.1 Å². The SMILES string of the molecule is CCn1nnc2cc(C(=O)OC3CCCCC3)ccc21. The summed E-state index contributed by atoms with van der Waals surface area (Å²) in [7, 11) is 0. The number of hydrogen-bond donors (Lipinski definition) is 0. The van der Waals surface area contributed by atoms with Gasteiger partial charge in [0.15, 0.2) is 0 Å². The number of aromatic nitrogens is 3. The monoisotopic (exact) mass is 273 g/mol. The van der Waals surface area contributed by atoms with Crippen LogP contribution in [-0.2, 0) is 11.3 Å². The molecule has 1 aliphatic carbocycles. The molecular formula is C15H19N3O2. The average Bonchev–Trinajstić information content (AvgIpc) is 2.90. The van der Waals surface area contributed by atoms with Gasteiger partial charge in [0.1, 0.15) is 11.6 Å². The van der Waals surface area contributed by atoms with E-state index in [2.05, 4.69) is 10.3 Å². The number of hydrogen-bond acceptors (Lipinski definition) is 4. The molecule has 0 saturated heterocycles. The minimum Gasteiger partial charge on any atom is -0.459 e. The maximum absolute atomic E-state index is 12.2. The van der Waals surface area contributed by atoms with E-state index in [-0.39, 0.29) is 12.1 Å². The van der Waals surface area contributed by atoms with Gasteiger partial charge < -0.3 is 4.74 Å². The second kappa shape index (κ2) is 5.61. The summed E-state index contributed by atoms with van der Waals surface area (Å²) in [6.07, 6.45) is 5.61. The van der Waals surface area contributed by atoms with Gasteiger partial charge in [-0.05, 0) is 50.8 Å². The third-order valence-electron chi connectivity index (χ3n) is 3.88. The lowest BCUT2D eigenvalue weighted by Gasteiger charge is -2.21. The number of benzene rings is 1. The van der Waals surface area contributed by atoms with Crippen molar-refractivity contribution in [2.75, 3.05) is 0 Å². The number of aryl methyl sites for hydroxylation is 1. The van der Waals surface area contributed by atoms with Crippen molar-refractivity contribution in [3.8, 4) is 0 Å². The van der Waals surface area contributed by atoms with E-state index in [1.807, 2.05) is 17.7 Å². The summed E-state index contributed by atoms with van der Waals surface area (Å²) in [6, 6.07) is 5.44. The molecule has 1 aromatic carbocycles. The lowest BCUT2D eigenvalue weighted by molar-refractivity contribution is 0.0211. The highest BCUT2D eigenvalue weighted by Crippen LogP contribution is 2.22. The minimum absolute atomic E-state index is 0.0817. The molecule has 0 unspecified atom stereocenters. The van der Waals surface area contributed by atoms with Crippen LogP contribution >= 0.6 is 0 Å². The molecule has 1 heterocycles. The Morgan fingerprint density at radius 2 is 2.15 bits per heavy atom. The number of ether oxygens (including phenoxy) is 1. The van der Waals surface area contributed by atoms with Crippen molar-refractivity contribution in [1.82, 2.24) is 15.0 Å². The van der Waals surface area contributed by atoms with Crippen LogP contribution in [0.15, 0.2) is 18.2 Å². The molecule has 0 atom stereocenters. The number of rotatable bonds is 3. The fourth-order valence-corrected chi connectivity index (χ4v) is 2.74. The van der Waals surface area contributed by atoms with E-state index in [4.69, 9.17) is 4.74 Å². The van der Waals surface area contributed by atoms with Gasteiger partial charge in [0.05, 0.1) is 11.1 Å². The third kappa shape index (κ3) is 2.53. The number of esters is 1. The Morgan fingerprint density at radius 1 is 1.35 bits per heavy atom. The predicted molar refractivity (Wildman–Crippen MR) is 75.5 cm³/mol. The summed E-state index contributed by atoms with van der Waals surface area (Å²) >= 11 is 0. The summed E-state index contributed by atoms with van der Waals surface area (Å²) in [5.41, 5.74) is 2.25. The zero-order valence-electron chi connectivity index (χ0n) is 11.7. The van der Waals surface area contributed by atoms with Crippen LogP contribution in [0.2, 0.25) is 0 Å². The summed E-state index contributed by atoms with van der Waals surface area (Å²) in [4.78, 5) is 12.2. The maximum atomic E-state index is 12.2. The van der Waals surface area contributed by atoms with E-state index in [9.17, 15) is 4.79 Å². The average molecular weight is 273 g/mol. The molecule has 3 rings (SSSR count). The van der Waals surface area contributed by atoms with Crippen molar-refractivity contribution in [2.45, 2.75) is 51.7 Å². The van der Waals surface area contributed by atoms with Crippen LogP contribution < -0.4 is 0 Å².